The van der Waals surface area contributed by atoms with Gasteiger partial charge in [-0.1, -0.05) is 22.9 Å². The van der Waals surface area contributed by atoms with Gasteiger partial charge in [-0.05, 0) is 60.1 Å². The van der Waals surface area contributed by atoms with Crippen molar-refractivity contribution in [2.45, 2.75) is 33.3 Å². The SMILES string of the molecule is CCOc1cc(C=Nn2c(CC)nc3ccc(Br)cc3c2=O)c(Br)cc1O[C@@H](C)C(=O)O. The number of aliphatic carboxylic acids is 1. The molecule has 10 heteroatoms. The summed E-state index contributed by atoms with van der Waals surface area (Å²) < 4.78 is 13.8. The van der Waals surface area contributed by atoms with E-state index >= 15 is 0 Å². The highest BCUT2D eigenvalue weighted by atomic mass is 79.9. The van der Waals surface area contributed by atoms with Crippen molar-refractivity contribution in [1.82, 2.24) is 9.66 Å². The minimum atomic E-state index is -1.09. The molecule has 1 N–H and O–H groups in total. The van der Waals surface area contributed by atoms with Gasteiger partial charge in [0.15, 0.2) is 17.6 Å². The van der Waals surface area contributed by atoms with Gasteiger partial charge >= 0.3 is 5.97 Å². The minimum absolute atomic E-state index is 0.277. The van der Waals surface area contributed by atoms with Gasteiger partial charge in [-0.15, -0.1) is 0 Å². The number of nitrogens with zero attached hydrogens (tertiary/aromatic N) is 3. The van der Waals surface area contributed by atoms with Crippen molar-refractivity contribution in [3.8, 4) is 11.5 Å². The number of fused-ring (bicyclic) bond motifs is 1. The summed E-state index contributed by atoms with van der Waals surface area (Å²) in [5, 5.41) is 14.0. The van der Waals surface area contributed by atoms with E-state index in [-0.39, 0.29) is 11.3 Å². The zero-order valence-electron chi connectivity index (χ0n) is 17.6. The van der Waals surface area contributed by atoms with E-state index in [2.05, 4.69) is 41.9 Å². The number of carbonyl (C=O) groups is 1. The lowest BCUT2D eigenvalue weighted by atomic mass is 10.2. The molecule has 0 radical (unpaired) electrons. The topological polar surface area (TPSA) is 103 Å². The first-order valence-electron chi connectivity index (χ1n) is 9.86. The van der Waals surface area contributed by atoms with Gasteiger partial charge in [0.05, 0.1) is 23.7 Å². The molecule has 0 aliphatic heterocycles. The summed E-state index contributed by atoms with van der Waals surface area (Å²) in [6.07, 6.45) is 0.988. The lowest BCUT2D eigenvalue weighted by molar-refractivity contribution is -0.144. The van der Waals surface area contributed by atoms with E-state index < -0.39 is 12.1 Å². The number of rotatable bonds is 8. The van der Waals surface area contributed by atoms with Crippen molar-refractivity contribution < 1.29 is 19.4 Å². The predicted molar refractivity (Wildman–Crippen MR) is 129 cm³/mol. The Balaban J connectivity index is 2.06. The van der Waals surface area contributed by atoms with Gasteiger partial charge in [0.1, 0.15) is 5.82 Å². The average molecular weight is 567 g/mol. The highest BCUT2D eigenvalue weighted by molar-refractivity contribution is 9.10. The average Bonchev–Trinajstić information content (AvgIpc) is 2.75. The molecule has 1 aromatic heterocycles. The maximum atomic E-state index is 13.1. The first-order valence-corrected chi connectivity index (χ1v) is 11.4. The number of benzene rings is 2. The van der Waals surface area contributed by atoms with Crippen LogP contribution in [0.5, 0.6) is 11.5 Å². The van der Waals surface area contributed by atoms with Crippen LogP contribution >= 0.6 is 31.9 Å². The third-order valence-electron chi connectivity index (χ3n) is 4.52. The fraction of sp³-hybridized carbons (Fsp3) is 0.273. The largest absolute Gasteiger partial charge is 0.490 e. The molecular weight excluding hydrogens is 546 g/mol. The van der Waals surface area contributed by atoms with E-state index in [0.29, 0.717) is 45.5 Å². The lowest BCUT2D eigenvalue weighted by Gasteiger charge is -2.16. The number of carboxylic acid groups (broad SMARTS) is 1. The van der Waals surface area contributed by atoms with E-state index in [1.807, 2.05) is 19.9 Å². The molecule has 0 fully saturated rings. The van der Waals surface area contributed by atoms with Crippen LogP contribution in [-0.2, 0) is 11.2 Å². The summed E-state index contributed by atoms with van der Waals surface area (Å²) in [5.74, 6) is 0.0943. The van der Waals surface area contributed by atoms with Gasteiger partial charge < -0.3 is 14.6 Å². The smallest absolute Gasteiger partial charge is 0.344 e. The molecular formula is C22H21Br2N3O5. The van der Waals surface area contributed by atoms with E-state index in [4.69, 9.17) is 14.6 Å². The number of hydrogen-bond acceptors (Lipinski definition) is 6. The lowest BCUT2D eigenvalue weighted by Crippen LogP contribution is -2.23. The maximum Gasteiger partial charge on any atom is 0.344 e. The van der Waals surface area contributed by atoms with Crippen LogP contribution in [-0.4, -0.2) is 39.7 Å². The molecule has 0 spiro atoms. The number of carboxylic acids is 1. The Kier molecular flexibility index (Phi) is 7.68. The normalized spacial score (nSPS) is 12.3. The Morgan fingerprint density at radius 1 is 1.25 bits per heavy atom. The van der Waals surface area contributed by atoms with Crippen LogP contribution in [0.2, 0.25) is 0 Å². The van der Waals surface area contributed by atoms with Crippen LogP contribution in [0.25, 0.3) is 10.9 Å². The molecule has 8 nitrogen and oxygen atoms in total. The van der Waals surface area contributed by atoms with E-state index in [1.54, 1.807) is 24.3 Å². The highest BCUT2D eigenvalue weighted by Gasteiger charge is 2.18. The molecule has 0 saturated carbocycles. The third-order valence-corrected chi connectivity index (χ3v) is 5.70. The van der Waals surface area contributed by atoms with Crippen molar-refractivity contribution >= 4 is 54.9 Å². The maximum absolute atomic E-state index is 13.1. The molecule has 0 saturated heterocycles. The van der Waals surface area contributed by atoms with Gasteiger partial charge in [0.2, 0.25) is 0 Å². The van der Waals surface area contributed by atoms with E-state index in [0.717, 1.165) is 4.47 Å². The summed E-state index contributed by atoms with van der Waals surface area (Å²) in [7, 11) is 0. The molecule has 0 amide bonds. The Bertz CT molecular complexity index is 1260. The van der Waals surface area contributed by atoms with Crippen molar-refractivity contribution in [1.29, 1.82) is 0 Å². The Morgan fingerprint density at radius 2 is 2.00 bits per heavy atom. The predicted octanol–water partition coefficient (Wildman–Crippen LogP) is 4.62. The Hall–Kier alpha value is -2.72. The second kappa shape index (κ2) is 10.3. The van der Waals surface area contributed by atoms with Crippen molar-refractivity contribution in [3.05, 3.63) is 61.0 Å². The second-order valence-corrected chi connectivity index (χ2v) is 8.53. The Labute approximate surface area is 201 Å². The van der Waals surface area contributed by atoms with Crippen molar-refractivity contribution in [2.75, 3.05) is 6.61 Å². The highest BCUT2D eigenvalue weighted by Crippen LogP contribution is 2.34. The first-order chi connectivity index (χ1) is 15.2. The summed E-state index contributed by atoms with van der Waals surface area (Å²) in [4.78, 5) is 28.8. The van der Waals surface area contributed by atoms with Crippen LogP contribution in [0.15, 0.2) is 49.2 Å². The number of hydrogen-bond donors (Lipinski definition) is 1. The molecule has 1 atom stereocenters. The van der Waals surface area contributed by atoms with E-state index in [1.165, 1.54) is 17.8 Å². The van der Waals surface area contributed by atoms with Crippen LogP contribution in [0.4, 0.5) is 0 Å². The summed E-state index contributed by atoms with van der Waals surface area (Å²) >= 11 is 6.84. The van der Waals surface area contributed by atoms with Crippen molar-refractivity contribution in [3.63, 3.8) is 0 Å². The third kappa shape index (κ3) is 5.18. The molecule has 0 aliphatic rings. The van der Waals surface area contributed by atoms with Crippen LogP contribution in [0.1, 0.15) is 32.2 Å². The quantitative estimate of drug-likeness (QED) is 0.399. The first kappa shape index (κ1) is 23.9. The van der Waals surface area contributed by atoms with Crippen LogP contribution in [0.3, 0.4) is 0 Å². The number of aryl methyl sites for hydroxylation is 1. The number of halogens is 2. The zero-order valence-corrected chi connectivity index (χ0v) is 20.8. The molecule has 0 bridgehead atoms. The Morgan fingerprint density at radius 3 is 2.66 bits per heavy atom. The molecule has 1 heterocycles. The molecule has 0 unspecified atom stereocenters. The van der Waals surface area contributed by atoms with E-state index in [9.17, 15) is 9.59 Å². The summed E-state index contributed by atoms with van der Waals surface area (Å²) in [6.45, 7) is 5.51. The van der Waals surface area contributed by atoms with Gasteiger partial charge in [0.25, 0.3) is 5.56 Å². The van der Waals surface area contributed by atoms with Gasteiger partial charge in [-0.2, -0.15) is 9.78 Å². The van der Waals surface area contributed by atoms with Gasteiger partial charge in [-0.25, -0.2) is 9.78 Å². The van der Waals surface area contributed by atoms with Gasteiger partial charge in [0, 0.05) is 20.9 Å². The molecule has 3 aromatic rings. The number of ether oxygens (including phenoxy) is 2. The zero-order chi connectivity index (χ0) is 23.4. The standard InChI is InChI=1S/C22H21Br2N3O5/c1-4-20-26-17-7-6-14(23)9-15(17)21(28)27(20)25-11-13-8-18(31-5-2)19(10-16(13)24)32-12(3)22(29)30/h6-12H,4-5H2,1-3H3,(H,29,30)/t12-/m0/s1. The summed E-state index contributed by atoms with van der Waals surface area (Å²) in [5.41, 5.74) is 0.947. The van der Waals surface area contributed by atoms with Crippen LogP contribution in [0, 0.1) is 0 Å². The summed E-state index contributed by atoms with van der Waals surface area (Å²) in [6, 6.07) is 8.63. The van der Waals surface area contributed by atoms with Gasteiger partial charge in [-0.3, -0.25) is 4.79 Å². The fourth-order valence-electron chi connectivity index (χ4n) is 2.91. The second-order valence-electron chi connectivity index (χ2n) is 6.76. The molecule has 3 rings (SSSR count). The number of aromatic nitrogens is 2. The molecule has 0 aliphatic carbocycles. The molecule has 2 aromatic carbocycles. The van der Waals surface area contributed by atoms with Crippen molar-refractivity contribution in [2.24, 2.45) is 5.10 Å². The minimum Gasteiger partial charge on any atom is -0.490 e. The molecule has 168 valence electrons. The monoisotopic (exact) mass is 565 g/mol. The van der Waals surface area contributed by atoms with Crippen LogP contribution < -0.4 is 15.0 Å². The molecule has 32 heavy (non-hydrogen) atoms. The fourth-order valence-corrected chi connectivity index (χ4v) is 3.70.